The predicted octanol–water partition coefficient (Wildman–Crippen LogP) is 5.51. The molecule has 2 aromatic carbocycles. The molecule has 11 heteroatoms. The quantitative estimate of drug-likeness (QED) is 0.250. The Morgan fingerprint density at radius 2 is 1.84 bits per heavy atom. The molecule has 0 saturated carbocycles. The van der Waals surface area contributed by atoms with Gasteiger partial charge in [-0.15, -0.1) is 0 Å². The normalized spacial score (nSPS) is 12.7. The number of hydrogen-bond acceptors (Lipinski definition) is 8. The van der Waals surface area contributed by atoms with E-state index in [0.717, 1.165) is 26.9 Å². The lowest BCUT2D eigenvalue weighted by atomic mass is 9.94. The molecule has 2 N–H and O–H groups in total. The molecule has 0 radical (unpaired) electrons. The molecule has 1 aliphatic heterocycles. The zero-order valence-corrected chi connectivity index (χ0v) is 23.7. The number of carbonyl (C=O) groups is 2. The van der Waals surface area contributed by atoms with E-state index in [-0.39, 0.29) is 11.6 Å². The second kappa shape index (κ2) is 11.1. The third-order valence-electron chi connectivity index (χ3n) is 7.48. The van der Waals surface area contributed by atoms with E-state index < -0.39 is 5.97 Å². The number of hydrogen-bond donors (Lipinski definition) is 2. The lowest BCUT2D eigenvalue weighted by molar-refractivity contribution is 0.0691. The SMILES string of the molecule is O=C(Nc1nc2ccccc2s1)c1cccc2c1CN(c1ccc(-c3cnn(Cc4ccncc4)c3)c(C(=O)O)n1)CC2. The third kappa shape index (κ3) is 5.33. The van der Waals surface area contributed by atoms with E-state index >= 15 is 0 Å². The number of nitrogens with zero attached hydrogens (tertiary/aromatic N) is 6. The molecule has 4 aromatic heterocycles. The number of carbonyl (C=O) groups excluding carboxylic acids is 1. The molecule has 0 atom stereocenters. The van der Waals surface area contributed by atoms with Gasteiger partial charge in [-0.3, -0.25) is 19.8 Å². The summed E-state index contributed by atoms with van der Waals surface area (Å²) >= 11 is 1.43. The van der Waals surface area contributed by atoms with Gasteiger partial charge in [-0.05, 0) is 65.6 Å². The van der Waals surface area contributed by atoms with Crippen molar-refractivity contribution in [2.45, 2.75) is 19.5 Å². The van der Waals surface area contributed by atoms with Gasteiger partial charge in [-0.25, -0.2) is 14.8 Å². The van der Waals surface area contributed by atoms with Crippen LogP contribution in [-0.2, 0) is 19.5 Å². The first-order valence-corrected chi connectivity index (χ1v) is 14.5. The topological polar surface area (TPSA) is 126 Å². The molecule has 6 aromatic rings. The molecule has 5 heterocycles. The van der Waals surface area contributed by atoms with Crippen LogP contribution in [0, 0.1) is 0 Å². The van der Waals surface area contributed by atoms with Crippen molar-refractivity contribution in [1.82, 2.24) is 24.7 Å². The number of aromatic carboxylic acids is 1. The summed E-state index contributed by atoms with van der Waals surface area (Å²) in [5, 5.41) is 18.0. The highest BCUT2D eigenvalue weighted by Gasteiger charge is 2.25. The van der Waals surface area contributed by atoms with Crippen molar-refractivity contribution < 1.29 is 14.7 Å². The fourth-order valence-corrected chi connectivity index (χ4v) is 6.23. The molecule has 7 rings (SSSR count). The second-order valence-corrected chi connectivity index (χ2v) is 11.2. The summed E-state index contributed by atoms with van der Waals surface area (Å²) in [5.41, 5.74) is 5.54. The van der Waals surface area contributed by atoms with Gasteiger partial charge >= 0.3 is 5.97 Å². The van der Waals surface area contributed by atoms with E-state index in [1.54, 1.807) is 29.3 Å². The van der Waals surface area contributed by atoms with Crippen molar-refractivity contribution in [1.29, 1.82) is 0 Å². The van der Waals surface area contributed by atoms with Crippen LogP contribution in [-0.4, -0.2) is 48.3 Å². The third-order valence-corrected chi connectivity index (χ3v) is 8.43. The number of nitrogens with one attached hydrogen (secondary N) is 1. The minimum absolute atomic E-state index is 0.0476. The number of para-hydroxylation sites is 1. The largest absolute Gasteiger partial charge is 0.476 e. The zero-order chi connectivity index (χ0) is 29.3. The summed E-state index contributed by atoms with van der Waals surface area (Å²) in [6.07, 6.45) is 7.61. The van der Waals surface area contributed by atoms with Crippen molar-refractivity contribution in [3.63, 3.8) is 0 Å². The highest BCUT2D eigenvalue weighted by molar-refractivity contribution is 7.22. The molecular weight excluding hydrogens is 562 g/mol. The molecule has 0 fully saturated rings. The standard InChI is InChI=1S/C32H25N7O3S/c40-30(37-32-35-26-6-1-2-7-27(26)43-32)24-5-3-4-21-12-15-38(19-25(21)24)28-9-8-23(29(36-28)31(41)42)22-16-34-39(18-22)17-20-10-13-33-14-11-20/h1-11,13-14,16,18H,12,15,17,19H2,(H,41,42)(H,35,37,40). The van der Waals surface area contributed by atoms with Crippen LogP contribution in [0.15, 0.2) is 91.5 Å². The number of anilines is 2. The fourth-order valence-electron chi connectivity index (χ4n) is 5.36. The highest BCUT2D eigenvalue weighted by atomic mass is 32.1. The van der Waals surface area contributed by atoms with Gasteiger partial charge in [0.15, 0.2) is 10.8 Å². The summed E-state index contributed by atoms with van der Waals surface area (Å²) in [4.78, 5) is 40.9. The number of carboxylic acid groups (broad SMARTS) is 1. The van der Waals surface area contributed by atoms with Gasteiger partial charge in [0.1, 0.15) is 5.82 Å². The summed E-state index contributed by atoms with van der Waals surface area (Å²) in [6.45, 7) is 1.61. The number of pyridine rings is 2. The van der Waals surface area contributed by atoms with E-state index in [9.17, 15) is 14.7 Å². The molecule has 0 bridgehead atoms. The Morgan fingerprint density at radius 1 is 0.977 bits per heavy atom. The van der Waals surface area contributed by atoms with Crippen LogP contribution < -0.4 is 10.2 Å². The van der Waals surface area contributed by atoms with Gasteiger partial charge in [-0.1, -0.05) is 35.6 Å². The van der Waals surface area contributed by atoms with Gasteiger partial charge in [0.05, 0.1) is 23.0 Å². The Morgan fingerprint density at radius 3 is 2.67 bits per heavy atom. The monoisotopic (exact) mass is 587 g/mol. The minimum atomic E-state index is -1.12. The Labute approximate surface area is 250 Å². The predicted molar refractivity (Wildman–Crippen MR) is 165 cm³/mol. The number of thiazole rings is 1. The van der Waals surface area contributed by atoms with Gasteiger partial charge < -0.3 is 10.0 Å². The highest BCUT2D eigenvalue weighted by Crippen LogP contribution is 2.31. The van der Waals surface area contributed by atoms with Crippen LogP contribution >= 0.6 is 11.3 Å². The smallest absolute Gasteiger partial charge is 0.355 e. The van der Waals surface area contributed by atoms with Crippen LogP contribution in [0.1, 0.15) is 37.5 Å². The average Bonchev–Trinajstić information content (AvgIpc) is 3.67. The summed E-state index contributed by atoms with van der Waals surface area (Å²) < 4.78 is 2.76. The fraction of sp³-hybridized carbons (Fsp3) is 0.125. The van der Waals surface area contributed by atoms with Crippen molar-refractivity contribution in [2.24, 2.45) is 0 Å². The molecule has 0 saturated heterocycles. The lowest BCUT2D eigenvalue weighted by Crippen LogP contribution is -2.33. The molecule has 0 aliphatic carbocycles. The number of rotatable bonds is 7. The first-order chi connectivity index (χ1) is 21.0. The minimum Gasteiger partial charge on any atom is -0.476 e. The molecule has 1 aliphatic rings. The van der Waals surface area contributed by atoms with Crippen LogP contribution in [0.5, 0.6) is 0 Å². The van der Waals surface area contributed by atoms with Gasteiger partial charge in [0.2, 0.25) is 0 Å². The summed E-state index contributed by atoms with van der Waals surface area (Å²) in [6, 6.07) is 20.9. The van der Waals surface area contributed by atoms with Crippen LogP contribution in [0.3, 0.4) is 0 Å². The van der Waals surface area contributed by atoms with Crippen molar-refractivity contribution in [2.75, 3.05) is 16.8 Å². The van der Waals surface area contributed by atoms with E-state index in [1.807, 2.05) is 71.8 Å². The Bertz CT molecular complexity index is 1950. The average molecular weight is 588 g/mol. The maximum atomic E-state index is 13.4. The molecule has 43 heavy (non-hydrogen) atoms. The number of carboxylic acids is 1. The Hall–Kier alpha value is -5.42. The summed E-state index contributed by atoms with van der Waals surface area (Å²) in [5.74, 6) is -0.805. The maximum absolute atomic E-state index is 13.4. The maximum Gasteiger partial charge on any atom is 0.355 e. The van der Waals surface area contributed by atoms with Crippen LogP contribution in [0.4, 0.5) is 10.9 Å². The molecule has 0 unspecified atom stereocenters. The Kier molecular flexibility index (Phi) is 6.84. The first-order valence-electron chi connectivity index (χ1n) is 13.7. The number of benzene rings is 2. The van der Waals surface area contributed by atoms with Gasteiger partial charge in [0.25, 0.3) is 5.91 Å². The molecule has 10 nitrogen and oxygen atoms in total. The van der Waals surface area contributed by atoms with Crippen LogP contribution in [0.2, 0.25) is 0 Å². The van der Waals surface area contributed by atoms with Crippen molar-refractivity contribution in [3.8, 4) is 11.1 Å². The number of amides is 1. The van der Waals surface area contributed by atoms with E-state index in [4.69, 9.17) is 0 Å². The molecule has 212 valence electrons. The number of aromatic nitrogens is 5. The van der Waals surface area contributed by atoms with E-state index in [0.29, 0.717) is 53.7 Å². The van der Waals surface area contributed by atoms with Crippen molar-refractivity contribution >= 4 is 44.4 Å². The van der Waals surface area contributed by atoms with E-state index in [1.165, 1.54) is 11.3 Å². The lowest BCUT2D eigenvalue weighted by Gasteiger charge is -2.31. The van der Waals surface area contributed by atoms with Crippen molar-refractivity contribution in [3.05, 3.63) is 119 Å². The number of fused-ring (bicyclic) bond motifs is 2. The first kappa shape index (κ1) is 26.5. The zero-order valence-electron chi connectivity index (χ0n) is 22.8. The molecule has 0 spiro atoms. The second-order valence-electron chi connectivity index (χ2n) is 10.2. The molecule has 1 amide bonds. The van der Waals surface area contributed by atoms with E-state index in [2.05, 4.69) is 25.4 Å². The Balaban J connectivity index is 1.14. The van der Waals surface area contributed by atoms with Gasteiger partial charge in [0, 0.05) is 48.4 Å². The van der Waals surface area contributed by atoms with Crippen LogP contribution in [0.25, 0.3) is 21.3 Å². The molecular formula is C32H25N7O3S. The summed E-state index contributed by atoms with van der Waals surface area (Å²) in [7, 11) is 0. The van der Waals surface area contributed by atoms with Gasteiger partial charge in [-0.2, -0.15) is 5.10 Å².